The lowest BCUT2D eigenvalue weighted by molar-refractivity contribution is -0.134. The number of hydrogen-bond acceptors (Lipinski definition) is 8. The molecule has 1 N–H and O–H groups in total. The average Bonchev–Trinajstić information content (AvgIpc) is 3.25. The fourth-order valence-corrected chi connectivity index (χ4v) is 3.95. The molecule has 0 bridgehead atoms. The van der Waals surface area contributed by atoms with E-state index in [4.69, 9.17) is 23.1 Å². The van der Waals surface area contributed by atoms with Crippen LogP contribution in [0.25, 0.3) is 10.9 Å². The number of ether oxygens (including phenoxy) is 4. The predicted octanol–water partition coefficient (Wildman–Crippen LogP) is 3.97. The van der Waals surface area contributed by atoms with Crippen LogP contribution in [0.15, 0.2) is 30.6 Å². The van der Waals surface area contributed by atoms with E-state index in [1.807, 2.05) is 0 Å². The molecule has 0 amide bonds. The van der Waals surface area contributed by atoms with Crippen molar-refractivity contribution in [2.75, 3.05) is 39.3 Å². The molecule has 0 aliphatic carbocycles. The molecule has 1 aromatic heterocycles. The summed E-state index contributed by atoms with van der Waals surface area (Å²) in [5.74, 6) is -3.72. The van der Waals surface area contributed by atoms with Gasteiger partial charge in [-0.15, -0.1) is 0 Å². The third-order valence-corrected chi connectivity index (χ3v) is 5.52. The first-order valence-corrected chi connectivity index (χ1v) is 10.1. The van der Waals surface area contributed by atoms with Crippen molar-refractivity contribution in [2.45, 2.75) is 18.4 Å². The van der Waals surface area contributed by atoms with E-state index < -0.39 is 31.4 Å². The molecule has 1 atom stereocenters. The van der Waals surface area contributed by atoms with Crippen LogP contribution >= 0.6 is 0 Å². The van der Waals surface area contributed by atoms with Gasteiger partial charge in [-0.3, -0.25) is 0 Å². The van der Waals surface area contributed by atoms with Gasteiger partial charge in [0.2, 0.25) is 6.79 Å². The number of alkyl halides is 2. The Labute approximate surface area is 191 Å². The highest BCUT2D eigenvalue weighted by atomic mass is 19.3. The molecule has 2 aliphatic rings. The van der Waals surface area contributed by atoms with Crippen molar-refractivity contribution in [1.82, 2.24) is 14.9 Å². The molecule has 33 heavy (non-hydrogen) atoms. The summed E-state index contributed by atoms with van der Waals surface area (Å²) >= 11 is 0. The number of piperidine rings is 1. The van der Waals surface area contributed by atoms with E-state index in [-0.39, 0.29) is 52.9 Å². The summed E-state index contributed by atoms with van der Waals surface area (Å²) in [5.41, 5.74) is 0.0500. The number of anilines is 2. The molecular weight excluding hydrogens is 441 g/mol. The van der Waals surface area contributed by atoms with E-state index in [1.165, 1.54) is 29.2 Å². The molecule has 1 fully saturated rings. The highest BCUT2D eigenvalue weighted by molar-refractivity contribution is 5.97. The van der Waals surface area contributed by atoms with Crippen LogP contribution in [0, 0.1) is 5.82 Å². The van der Waals surface area contributed by atoms with Gasteiger partial charge in [0, 0.05) is 25.1 Å². The minimum absolute atomic E-state index is 0.0117. The number of halogens is 3. The fraction of sp³-hybridized carbons (Fsp3) is 0.364. The first kappa shape index (κ1) is 18.0. The summed E-state index contributed by atoms with van der Waals surface area (Å²) in [6, 6.07) is 5.08. The molecule has 0 radical (unpaired) electrons. The summed E-state index contributed by atoms with van der Waals surface area (Å²) in [4.78, 5) is 9.78. The van der Waals surface area contributed by atoms with Gasteiger partial charge in [0.1, 0.15) is 29.3 Å². The molecule has 3 heterocycles. The Balaban J connectivity index is 1.61. The van der Waals surface area contributed by atoms with E-state index in [0.29, 0.717) is 12.3 Å². The Hall–Kier alpha value is -3.47. The number of aromatic nitrogens is 2. The van der Waals surface area contributed by atoms with Gasteiger partial charge in [0.05, 0.1) is 28.6 Å². The van der Waals surface area contributed by atoms with Crippen molar-refractivity contribution >= 4 is 22.4 Å². The summed E-state index contributed by atoms with van der Waals surface area (Å²) in [6.45, 7) is -0.251. The zero-order valence-corrected chi connectivity index (χ0v) is 17.4. The molecule has 5 rings (SSSR count). The van der Waals surface area contributed by atoms with Crippen LogP contribution in [-0.2, 0) is 0 Å². The molecular formula is C22H21F3N4O4. The van der Waals surface area contributed by atoms with E-state index in [0.717, 1.165) is 6.33 Å². The van der Waals surface area contributed by atoms with Crippen LogP contribution in [-0.4, -0.2) is 60.9 Å². The van der Waals surface area contributed by atoms with E-state index in [1.54, 1.807) is 7.05 Å². The molecule has 8 nitrogen and oxygen atoms in total. The standard InChI is InChI=1S/C22H21F3N4O4/c1-29-6-5-17(22(24,25)9-29)33-16-8-12(30-2)7-14-18(16)21(27-10-26-14)28-19-13(23)3-4-15-20(19)32-11-31-15/h3-4,7-8,10,17H,5-6,9,11H2,1-2H3,(H,26,27,28)/t17-/m0/s1/i2D3. The topological polar surface area (TPSA) is 78.0 Å². The number of fused-ring (bicyclic) bond motifs is 2. The normalized spacial score (nSPS) is 21.2. The minimum Gasteiger partial charge on any atom is -0.497 e. The third-order valence-electron chi connectivity index (χ3n) is 5.52. The highest BCUT2D eigenvalue weighted by Crippen LogP contribution is 2.44. The third kappa shape index (κ3) is 3.92. The second kappa shape index (κ2) is 8.14. The predicted molar refractivity (Wildman–Crippen MR) is 113 cm³/mol. The van der Waals surface area contributed by atoms with Gasteiger partial charge in [-0.2, -0.15) is 0 Å². The number of methoxy groups -OCH3 is 1. The molecule has 0 saturated carbocycles. The second-order valence-electron chi connectivity index (χ2n) is 7.82. The number of rotatable bonds is 5. The van der Waals surface area contributed by atoms with Crippen LogP contribution in [0.2, 0.25) is 0 Å². The van der Waals surface area contributed by atoms with Crippen LogP contribution in [0.4, 0.5) is 24.7 Å². The first-order valence-electron chi connectivity index (χ1n) is 11.6. The van der Waals surface area contributed by atoms with Gasteiger partial charge < -0.3 is 29.2 Å². The Bertz CT molecular complexity index is 1310. The number of hydrogen-bond donors (Lipinski definition) is 1. The Morgan fingerprint density at radius 1 is 1.27 bits per heavy atom. The minimum atomic E-state index is -3.19. The van der Waals surface area contributed by atoms with Crippen LogP contribution in [0.1, 0.15) is 10.5 Å². The molecule has 3 aromatic rings. The zero-order chi connectivity index (χ0) is 25.7. The lowest BCUT2D eigenvalue weighted by Gasteiger charge is -2.36. The largest absolute Gasteiger partial charge is 0.497 e. The SMILES string of the molecule is [2H]C([2H])([2H])Oc1cc(O[C@H]2CCN(C)CC2(F)F)c2c(Nc3c(F)ccc4c3OCO4)ncnc2c1. The Morgan fingerprint density at radius 2 is 2.15 bits per heavy atom. The maximum Gasteiger partial charge on any atom is 0.296 e. The highest BCUT2D eigenvalue weighted by Gasteiger charge is 2.45. The first-order chi connectivity index (χ1) is 17.0. The molecule has 11 heteroatoms. The lowest BCUT2D eigenvalue weighted by atomic mass is 10.0. The number of likely N-dealkylation sites (tertiary alicyclic amines) is 1. The van der Waals surface area contributed by atoms with Crippen molar-refractivity contribution < 1.29 is 36.2 Å². The molecule has 2 aromatic carbocycles. The summed E-state index contributed by atoms with van der Waals surface area (Å²) in [6.07, 6.45) is -0.351. The van der Waals surface area contributed by atoms with Crippen LogP contribution in [0.5, 0.6) is 23.0 Å². The Kier molecular flexibility index (Phi) is 4.44. The molecule has 1 saturated heterocycles. The van der Waals surface area contributed by atoms with E-state index in [9.17, 15) is 13.2 Å². The van der Waals surface area contributed by atoms with Gasteiger partial charge >= 0.3 is 0 Å². The zero-order valence-electron chi connectivity index (χ0n) is 20.4. The average molecular weight is 465 g/mol. The van der Waals surface area contributed by atoms with E-state index in [2.05, 4.69) is 15.3 Å². The van der Waals surface area contributed by atoms with Crippen molar-refractivity contribution in [2.24, 2.45) is 0 Å². The van der Waals surface area contributed by atoms with Crippen LogP contribution < -0.4 is 24.3 Å². The van der Waals surface area contributed by atoms with Gasteiger partial charge in [0.25, 0.3) is 5.92 Å². The van der Waals surface area contributed by atoms with Crippen molar-refractivity contribution in [3.8, 4) is 23.0 Å². The number of benzene rings is 2. The lowest BCUT2D eigenvalue weighted by Crippen LogP contribution is -2.52. The molecule has 2 aliphatic heterocycles. The fourth-order valence-electron chi connectivity index (χ4n) is 3.95. The maximum absolute atomic E-state index is 14.8. The summed E-state index contributed by atoms with van der Waals surface area (Å²) in [7, 11) is -1.22. The monoisotopic (exact) mass is 465 g/mol. The van der Waals surface area contributed by atoms with Crippen molar-refractivity contribution in [3.63, 3.8) is 0 Å². The number of nitrogens with zero attached hydrogens (tertiary/aromatic N) is 3. The van der Waals surface area contributed by atoms with E-state index >= 15 is 0 Å². The van der Waals surface area contributed by atoms with Crippen molar-refractivity contribution in [3.05, 3.63) is 36.4 Å². The Morgan fingerprint density at radius 3 is 2.97 bits per heavy atom. The summed E-state index contributed by atoms with van der Waals surface area (Å²) < 4.78 is 88.0. The molecule has 0 unspecified atom stereocenters. The van der Waals surface area contributed by atoms with Crippen LogP contribution in [0.3, 0.4) is 0 Å². The maximum atomic E-state index is 14.8. The smallest absolute Gasteiger partial charge is 0.296 e. The molecule has 0 spiro atoms. The summed E-state index contributed by atoms with van der Waals surface area (Å²) in [5, 5.41) is 2.96. The number of nitrogens with one attached hydrogen (secondary N) is 1. The van der Waals surface area contributed by atoms with Crippen molar-refractivity contribution in [1.29, 1.82) is 0 Å². The van der Waals surface area contributed by atoms with Gasteiger partial charge in [-0.1, -0.05) is 0 Å². The van der Waals surface area contributed by atoms with Gasteiger partial charge in [0.15, 0.2) is 23.4 Å². The quantitative estimate of drug-likeness (QED) is 0.607. The second-order valence-corrected chi connectivity index (χ2v) is 7.82. The van der Waals surface area contributed by atoms with Gasteiger partial charge in [-0.05, 0) is 19.2 Å². The van der Waals surface area contributed by atoms with Gasteiger partial charge in [-0.25, -0.2) is 23.1 Å². The molecule has 174 valence electrons.